The predicted octanol–water partition coefficient (Wildman–Crippen LogP) is 1.56. The van der Waals surface area contributed by atoms with Crippen molar-refractivity contribution < 1.29 is 18.9 Å². The summed E-state index contributed by atoms with van der Waals surface area (Å²) < 4.78 is 4.81. The summed E-state index contributed by atoms with van der Waals surface area (Å²) in [7, 11) is 0. The van der Waals surface area contributed by atoms with Crippen LogP contribution in [0.4, 0.5) is 4.79 Å². The van der Waals surface area contributed by atoms with Gasteiger partial charge in [-0.15, -0.1) is 0 Å². The van der Waals surface area contributed by atoms with E-state index in [0.29, 0.717) is 12.3 Å². The van der Waals surface area contributed by atoms with Crippen LogP contribution in [0.1, 0.15) is 43.8 Å². The third kappa shape index (κ3) is 3.15. The molecular formula is C15H18N4O4. The minimum Gasteiger partial charge on any atom is -0.340 e. The van der Waals surface area contributed by atoms with E-state index in [4.69, 9.17) is 4.52 Å². The highest BCUT2D eigenvalue weighted by Crippen LogP contribution is 2.22. The summed E-state index contributed by atoms with van der Waals surface area (Å²) in [6, 6.07) is -0.612. The first-order valence-corrected chi connectivity index (χ1v) is 7.70. The van der Waals surface area contributed by atoms with Gasteiger partial charge in [-0.1, -0.05) is 16.8 Å². The van der Waals surface area contributed by atoms with Crippen LogP contribution in [0.2, 0.25) is 0 Å². The first-order chi connectivity index (χ1) is 11.1. The molecule has 0 N–H and O–H groups in total. The van der Waals surface area contributed by atoms with E-state index < -0.39 is 17.8 Å². The maximum atomic E-state index is 12.3. The molecule has 8 heteroatoms. The average molecular weight is 318 g/mol. The highest BCUT2D eigenvalue weighted by Gasteiger charge is 2.44. The zero-order valence-electron chi connectivity index (χ0n) is 12.9. The minimum absolute atomic E-state index is 0.153. The Morgan fingerprint density at radius 2 is 1.96 bits per heavy atom. The number of rotatable bonds is 5. The second-order valence-corrected chi connectivity index (χ2v) is 5.72. The van der Waals surface area contributed by atoms with Crippen LogP contribution < -0.4 is 0 Å². The molecule has 1 aliphatic carbocycles. The number of amides is 4. The third-order valence-corrected chi connectivity index (χ3v) is 4.05. The van der Waals surface area contributed by atoms with Crippen molar-refractivity contribution in [2.24, 2.45) is 0 Å². The van der Waals surface area contributed by atoms with Crippen LogP contribution in [0.3, 0.4) is 0 Å². The van der Waals surface area contributed by atoms with Gasteiger partial charge in [0.25, 0.3) is 0 Å². The predicted molar refractivity (Wildman–Crippen MR) is 77.9 cm³/mol. The molecule has 2 heterocycles. The first kappa shape index (κ1) is 15.4. The van der Waals surface area contributed by atoms with E-state index in [-0.39, 0.29) is 18.9 Å². The summed E-state index contributed by atoms with van der Waals surface area (Å²) in [6.07, 6.45) is 7.14. The average Bonchev–Trinajstić information content (AvgIpc) is 3.05. The van der Waals surface area contributed by atoms with E-state index >= 15 is 0 Å². The van der Waals surface area contributed by atoms with Gasteiger partial charge < -0.3 is 4.52 Å². The molecule has 1 aromatic rings. The number of carbonyl (C=O) groups is 3. The van der Waals surface area contributed by atoms with Gasteiger partial charge in [-0.25, -0.2) is 9.69 Å². The number of urea groups is 1. The van der Waals surface area contributed by atoms with Gasteiger partial charge in [0.2, 0.25) is 5.89 Å². The maximum Gasteiger partial charge on any atom is 0.334 e. The second kappa shape index (κ2) is 6.31. The number of hydrogen-bond acceptors (Lipinski definition) is 6. The summed E-state index contributed by atoms with van der Waals surface area (Å²) in [5.41, 5.74) is 1.25. The summed E-state index contributed by atoms with van der Waals surface area (Å²) in [5.74, 6) is -1.08. The normalized spacial score (nSPS) is 18.8. The standard InChI is InChI=1S/C15H18N4O4/c1-10-16-12(17-23-10)9-19-14(21)13(20)18(15(19)22)8-7-11-5-3-2-4-6-11/h5H,2-4,6-9H2,1H3. The van der Waals surface area contributed by atoms with Crippen molar-refractivity contribution >= 4 is 17.8 Å². The number of nitrogens with zero attached hydrogens (tertiary/aromatic N) is 4. The van der Waals surface area contributed by atoms with Gasteiger partial charge in [0.15, 0.2) is 5.82 Å². The Hall–Kier alpha value is -2.51. The molecule has 0 atom stereocenters. The highest BCUT2D eigenvalue weighted by atomic mass is 16.5. The number of aryl methyl sites for hydroxylation is 1. The monoisotopic (exact) mass is 318 g/mol. The lowest BCUT2D eigenvalue weighted by molar-refractivity contribution is -0.143. The number of aromatic nitrogens is 2. The zero-order valence-corrected chi connectivity index (χ0v) is 12.9. The molecule has 122 valence electrons. The van der Waals surface area contributed by atoms with Crippen molar-refractivity contribution in [3.05, 3.63) is 23.4 Å². The Bertz CT molecular complexity index is 679. The maximum absolute atomic E-state index is 12.3. The Morgan fingerprint density at radius 1 is 1.17 bits per heavy atom. The highest BCUT2D eigenvalue weighted by molar-refractivity contribution is 6.44. The van der Waals surface area contributed by atoms with Crippen LogP contribution in [-0.2, 0) is 16.1 Å². The van der Waals surface area contributed by atoms with E-state index in [1.54, 1.807) is 6.92 Å². The second-order valence-electron chi connectivity index (χ2n) is 5.72. The molecule has 0 bridgehead atoms. The molecule has 2 aliphatic rings. The van der Waals surface area contributed by atoms with E-state index in [2.05, 4.69) is 16.2 Å². The van der Waals surface area contributed by atoms with Crippen molar-refractivity contribution in [1.82, 2.24) is 19.9 Å². The van der Waals surface area contributed by atoms with Gasteiger partial charge in [-0.2, -0.15) is 4.98 Å². The third-order valence-electron chi connectivity index (χ3n) is 4.05. The van der Waals surface area contributed by atoms with Gasteiger partial charge in [-0.3, -0.25) is 14.5 Å². The van der Waals surface area contributed by atoms with Gasteiger partial charge in [-0.05, 0) is 32.1 Å². The van der Waals surface area contributed by atoms with Crippen molar-refractivity contribution in [2.45, 2.75) is 45.6 Å². The van der Waals surface area contributed by atoms with Gasteiger partial charge in [0.05, 0.1) is 6.54 Å². The van der Waals surface area contributed by atoms with Gasteiger partial charge >= 0.3 is 17.8 Å². The Kier molecular flexibility index (Phi) is 4.22. The summed E-state index contributed by atoms with van der Waals surface area (Å²) in [4.78, 5) is 42.2. The molecule has 0 radical (unpaired) electrons. The SMILES string of the molecule is Cc1nc(CN2C(=O)C(=O)N(CCC3=CCCCC3)C2=O)no1. The summed E-state index contributed by atoms with van der Waals surface area (Å²) in [5, 5.41) is 3.65. The molecule has 1 saturated heterocycles. The lowest BCUT2D eigenvalue weighted by Gasteiger charge is -2.17. The van der Waals surface area contributed by atoms with E-state index in [9.17, 15) is 14.4 Å². The molecule has 1 fully saturated rings. The molecule has 23 heavy (non-hydrogen) atoms. The number of hydrogen-bond donors (Lipinski definition) is 0. The van der Waals surface area contributed by atoms with Crippen LogP contribution in [0.15, 0.2) is 16.2 Å². The first-order valence-electron chi connectivity index (χ1n) is 7.70. The van der Waals surface area contributed by atoms with E-state index in [1.165, 1.54) is 12.0 Å². The number of carbonyl (C=O) groups excluding carboxylic acids is 3. The Labute approximate surface area is 133 Å². The van der Waals surface area contributed by atoms with Crippen molar-refractivity contribution in [3.63, 3.8) is 0 Å². The van der Waals surface area contributed by atoms with Crippen LogP contribution in [-0.4, -0.2) is 44.3 Å². The number of imide groups is 2. The van der Waals surface area contributed by atoms with Crippen LogP contribution >= 0.6 is 0 Å². The number of allylic oxidation sites excluding steroid dienone is 1. The molecule has 4 amide bonds. The molecule has 0 spiro atoms. The molecule has 3 rings (SSSR count). The van der Waals surface area contributed by atoms with Crippen molar-refractivity contribution in [3.8, 4) is 0 Å². The topological polar surface area (TPSA) is 96.6 Å². The largest absolute Gasteiger partial charge is 0.340 e. The molecular weight excluding hydrogens is 300 g/mol. The molecule has 0 unspecified atom stereocenters. The molecule has 0 aromatic carbocycles. The lowest BCUT2D eigenvalue weighted by Crippen LogP contribution is -2.34. The Morgan fingerprint density at radius 3 is 2.61 bits per heavy atom. The van der Waals surface area contributed by atoms with Crippen LogP contribution in [0.5, 0.6) is 0 Å². The van der Waals surface area contributed by atoms with Gasteiger partial charge in [0.1, 0.15) is 0 Å². The summed E-state index contributed by atoms with van der Waals surface area (Å²) in [6.45, 7) is 1.69. The van der Waals surface area contributed by atoms with E-state index in [0.717, 1.165) is 29.1 Å². The summed E-state index contributed by atoms with van der Waals surface area (Å²) >= 11 is 0. The molecule has 1 aliphatic heterocycles. The molecule has 8 nitrogen and oxygen atoms in total. The molecule has 0 saturated carbocycles. The van der Waals surface area contributed by atoms with Crippen LogP contribution in [0.25, 0.3) is 0 Å². The smallest absolute Gasteiger partial charge is 0.334 e. The fourth-order valence-corrected chi connectivity index (χ4v) is 2.82. The van der Waals surface area contributed by atoms with Crippen LogP contribution in [0, 0.1) is 6.92 Å². The fraction of sp³-hybridized carbons (Fsp3) is 0.533. The van der Waals surface area contributed by atoms with Crippen molar-refractivity contribution in [1.29, 1.82) is 0 Å². The van der Waals surface area contributed by atoms with Crippen molar-refractivity contribution in [2.75, 3.05) is 6.54 Å². The van der Waals surface area contributed by atoms with E-state index in [1.807, 2.05) is 0 Å². The lowest BCUT2D eigenvalue weighted by atomic mass is 9.97. The zero-order chi connectivity index (χ0) is 16.4. The Balaban J connectivity index is 1.65. The van der Waals surface area contributed by atoms with Gasteiger partial charge in [0, 0.05) is 13.5 Å². The minimum atomic E-state index is -0.838. The fourth-order valence-electron chi connectivity index (χ4n) is 2.82. The quantitative estimate of drug-likeness (QED) is 0.464. The molecule has 1 aromatic heterocycles.